The molecule has 0 spiro atoms. The van der Waals surface area contributed by atoms with Crippen molar-refractivity contribution in [1.29, 1.82) is 5.26 Å². The van der Waals surface area contributed by atoms with Crippen LogP contribution in [-0.4, -0.2) is 32.3 Å². The maximum atomic E-state index is 14.7. The lowest BCUT2D eigenvalue weighted by Crippen LogP contribution is -2.35. The Bertz CT molecular complexity index is 1880. The van der Waals surface area contributed by atoms with Crippen molar-refractivity contribution in [2.75, 3.05) is 0 Å². The Morgan fingerprint density at radius 1 is 1.13 bits per heavy atom. The number of nitrogens with zero attached hydrogens (tertiary/aromatic N) is 2. The lowest BCUT2D eigenvalue weighted by molar-refractivity contribution is -0.120. The van der Waals surface area contributed by atoms with Gasteiger partial charge in [0.25, 0.3) is 0 Å². The molecule has 0 amide bonds. The maximum Gasteiger partial charge on any atom is 0.328 e. The van der Waals surface area contributed by atoms with Gasteiger partial charge in [0.1, 0.15) is 41.9 Å². The highest BCUT2D eigenvalue weighted by Gasteiger charge is 2.30. The van der Waals surface area contributed by atoms with E-state index in [1.54, 1.807) is 43.5 Å². The van der Waals surface area contributed by atoms with E-state index < -0.39 is 19.3 Å². The Kier molecular flexibility index (Phi) is 10.8. The Morgan fingerprint density at radius 3 is 2.64 bits per heavy atom. The molecule has 0 radical (unpaired) electrons. The predicted molar refractivity (Wildman–Crippen MR) is 176 cm³/mol. The van der Waals surface area contributed by atoms with Gasteiger partial charge in [-0.05, 0) is 54.7 Å². The molecular formula is C35H34ClFN3O6P. The first kappa shape index (κ1) is 34.2. The van der Waals surface area contributed by atoms with E-state index in [2.05, 4.69) is 16.4 Å². The van der Waals surface area contributed by atoms with Crippen LogP contribution in [0.3, 0.4) is 0 Å². The molecule has 0 unspecified atom stereocenters. The van der Waals surface area contributed by atoms with Crippen LogP contribution in [0.15, 0.2) is 73.1 Å². The van der Waals surface area contributed by atoms with Crippen molar-refractivity contribution in [1.82, 2.24) is 10.3 Å². The maximum absolute atomic E-state index is 14.7. The zero-order valence-electron chi connectivity index (χ0n) is 25.8. The van der Waals surface area contributed by atoms with E-state index in [1.807, 2.05) is 24.3 Å². The third-order valence-corrected chi connectivity index (χ3v) is 9.86. The molecule has 3 atom stereocenters. The number of hydrogen-bond donors (Lipinski definition) is 3. The Labute approximate surface area is 277 Å². The van der Waals surface area contributed by atoms with Gasteiger partial charge in [0.2, 0.25) is 0 Å². The third-order valence-electron chi connectivity index (χ3n) is 8.23. The Hall–Kier alpha value is -4.10. The first-order chi connectivity index (χ1) is 22.4. The van der Waals surface area contributed by atoms with E-state index in [1.165, 1.54) is 19.2 Å². The minimum atomic E-state index is -4.39. The van der Waals surface area contributed by atoms with Crippen LogP contribution in [-0.2, 0) is 28.9 Å². The number of ketones is 1. The van der Waals surface area contributed by atoms with Gasteiger partial charge >= 0.3 is 7.60 Å². The quantitative estimate of drug-likeness (QED) is 0.127. The summed E-state index contributed by atoms with van der Waals surface area (Å²) in [5.41, 5.74) is 3.91. The van der Waals surface area contributed by atoms with Gasteiger partial charge in [-0.2, -0.15) is 5.26 Å². The van der Waals surface area contributed by atoms with Crippen molar-refractivity contribution >= 4 is 25.0 Å². The van der Waals surface area contributed by atoms with E-state index in [4.69, 9.17) is 21.1 Å². The number of halogens is 2. The van der Waals surface area contributed by atoms with E-state index in [-0.39, 0.29) is 37.3 Å². The number of ether oxygens (including phenoxy) is 2. The van der Waals surface area contributed by atoms with Crippen molar-refractivity contribution < 1.29 is 33.0 Å². The van der Waals surface area contributed by atoms with Crippen LogP contribution in [0.2, 0.25) is 5.02 Å². The first-order valence-corrected chi connectivity index (χ1v) is 17.1. The van der Waals surface area contributed by atoms with Crippen LogP contribution >= 0.6 is 19.2 Å². The van der Waals surface area contributed by atoms with Crippen molar-refractivity contribution in [2.24, 2.45) is 0 Å². The van der Waals surface area contributed by atoms with Crippen molar-refractivity contribution in [3.05, 3.63) is 112 Å². The lowest BCUT2D eigenvalue weighted by Gasteiger charge is -2.21. The fourth-order valence-electron chi connectivity index (χ4n) is 5.52. The molecule has 5 rings (SSSR count). The number of aromatic nitrogens is 1. The summed E-state index contributed by atoms with van der Waals surface area (Å²) in [4.78, 5) is 35.6. The SMILES string of the molecule is C[C@H](NCc1cc(Cl)c(O[C@H]2CCc3c(-c4ccccc4F)cccc32)cc1OCc1cncc(C#N)c1)C(=O)C[C@@H](C)P(=O)(O)O. The summed E-state index contributed by atoms with van der Waals surface area (Å²) in [5.74, 6) is 0.161. The summed E-state index contributed by atoms with van der Waals surface area (Å²) in [6.07, 6.45) is 3.79. The number of nitrogens with one attached hydrogen (secondary N) is 1. The Morgan fingerprint density at radius 2 is 1.89 bits per heavy atom. The fraction of sp³-hybridized carbons (Fsp3) is 0.286. The van der Waals surface area contributed by atoms with Crippen LogP contribution in [0.5, 0.6) is 11.5 Å². The molecule has 12 heteroatoms. The highest BCUT2D eigenvalue weighted by atomic mass is 35.5. The molecule has 3 N–H and O–H groups in total. The van der Waals surface area contributed by atoms with Gasteiger partial charge in [-0.15, -0.1) is 0 Å². The van der Waals surface area contributed by atoms with Gasteiger partial charge < -0.3 is 24.6 Å². The molecule has 3 aromatic carbocycles. The fourth-order valence-corrected chi connectivity index (χ4v) is 6.16. The molecule has 0 saturated heterocycles. The van der Waals surface area contributed by atoms with Gasteiger partial charge in [0.05, 0.1) is 22.3 Å². The molecule has 1 aromatic heterocycles. The smallest absolute Gasteiger partial charge is 0.328 e. The van der Waals surface area contributed by atoms with Gasteiger partial charge in [-0.1, -0.05) is 54.9 Å². The van der Waals surface area contributed by atoms with Gasteiger partial charge in [0.15, 0.2) is 0 Å². The summed E-state index contributed by atoms with van der Waals surface area (Å²) in [6, 6.07) is 18.8. The summed E-state index contributed by atoms with van der Waals surface area (Å²) in [5, 5.41) is 12.7. The highest BCUT2D eigenvalue weighted by Crippen LogP contribution is 2.44. The minimum Gasteiger partial charge on any atom is -0.488 e. The molecule has 1 heterocycles. The van der Waals surface area contributed by atoms with Crippen molar-refractivity contribution in [3.63, 3.8) is 0 Å². The lowest BCUT2D eigenvalue weighted by atomic mass is 9.96. The number of carbonyl (C=O) groups is 1. The predicted octanol–water partition coefficient (Wildman–Crippen LogP) is 7.06. The molecule has 1 aliphatic rings. The number of fused-ring (bicyclic) bond motifs is 1. The summed E-state index contributed by atoms with van der Waals surface area (Å²) < 4.78 is 38.9. The Balaban J connectivity index is 1.39. The summed E-state index contributed by atoms with van der Waals surface area (Å²) >= 11 is 6.75. The van der Waals surface area contributed by atoms with Crippen LogP contribution in [0.4, 0.5) is 4.39 Å². The number of benzene rings is 3. The standard InChI is InChI=1S/C35H34ClFN3O6P/c1-21(47(42,43)44)12-32(41)22(2)40-19-25-14-30(36)35(15-34(25)45-20-24-13-23(16-38)17-39-18-24)46-33-11-10-27-26(7-5-8-29(27)33)28-6-3-4-9-31(28)37/h3-9,13-15,17-18,21-22,33,40H,10-12,19-20H2,1-2H3,(H2,42,43,44)/t21-,22+,33+/m1/s1. The van der Waals surface area contributed by atoms with E-state index in [0.29, 0.717) is 51.6 Å². The number of carbonyl (C=O) groups excluding carboxylic acids is 1. The molecule has 9 nitrogen and oxygen atoms in total. The molecule has 244 valence electrons. The van der Waals surface area contributed by atoms with Crippen LogP contribution in [0.1, 0.15) is 60.6 Å². The second-order valence-corrected chi connectivity index (χ2v) is 14.0. The number of pyridine rings is 1. The molecule has 4 aromatic rings. The number of hydrogen-bond acceptors (Lipinski definition) is 7. The normalized spacial score (nSPS) is 15.4. The number of nitriles is 1. The molecular weight excluding hydrogens is 644 g/mol. The molecule has 0 aliphatic heterocycles. The average molecular weight is 678 g/mol. The summed E-state index contributed by atoms with van der Waals surface area (Å²) in [7, 11) is -4.39. The zero-order chi connectivity index (χ0) is 33.7. The van der Waals surface area contributed by atoms with E-state index in [0.717, 1.165) is 16.7 Å². The molecule has 0 bridgehead atoms. The second kappa shape index (κ2) is 14.8. The first-order valence-electron chi connectivity index (χ1n) is 15.1. The highest BCUT2D eigenvalue weighted by molar-refractivity contribution is 7.52. The van der Waals surface area contributed by atoms with Crippen LogP contribution in [0.25, 0.3) is 11.1 Å². The zero-order valence-corrected chi connectivity index (χ0v) is 27.5. The molecule has 0 fully saturated rings. The molecule has 1 aliphatic carbocycles. The van der Waals surface area contributed by atoms with Gasteiger partial charge in [-0.3, -0.25) is 14.3 Å². The van der Waals surface area contributed by atoms with Crippen LogP contribution < -0.4 is 14.8 Å². The van der Waals surface area contributed by atoms with Crippen molar-refractivity contribution in [2.45, 2.75) is 64.1 Å². The van der Waals surface area contributed by atoms with Gasteiger partial charge in [0, 0.05) is 48.1 Å². The van der Waals surface area contributed by atoms with Crippen molar-refractivity contribution in [3.8, 4) is 28.7 Å². The third kappa shape index (κ3) is 8.25. The average Bonchev–Trinajstić information content (AvgIpc) is 3.46. The molecule has 0 saturated carbocycles. The monoisotopic (exact) mass is 677 g/mol. The van der Waals surface area contributed by atoms with Gasteiger partial charge in [-0.25, -0.2) is 4.39 Å². The van der Waals surface area contributed by atoms with Crippen LogP contribution in [0, 0.1) is 17.1 Å². The number of rotatable bonds is 13. The second-order valence-electron chi connectivity index (χ2n) is 11.6. The van der Waals surface area contributed by atoms with E-state index in [9.17, 15) is 28.8 Å². The van der Waals surface area contributed by atoms with E-state index >= 15 is 0 Å². The molecule has 47 heavy (non-hydrogen) atoms. The number of Topliss-reactive ketones (excluding diaryl/α,β-unsaturated/α-hetero) is 1. The topological polar surface area (TPSA) is 142 Å². The largest absolute Gasteiger partial charge is 0.488 e. The summed E-state index contributed by atoms with van der Waals surface area (Å²) in [6.45, 7) is 3.21. The minimum absolute atomic E-state index is 0.0864.